The molecule has 36 heavy (non-hydrogen) atoms. The smallest absolute Gasteiger partial charge is 0.321 e. The lowest BCUT2D eigenvalue weighted by atomic mass is 9.53. The number of fused-ring (bicyclic) bond motifs is 1. The van der Waals surface area contributed by atoms with Crippen LogP contribution in [0, 0.1) is 17.8 Å². The molecule has 2 aliphatic heterocycles. The molecule has 194 valence electrons. The SMILES string of the molecule is C[C@@H](C(=O)NC(=O)NC12CC3CC(CC(C3)C1)C2)N1CCN(C(=O)[C@H]2COc3ccccc3O2)CC1. The van der Waals surface area contributed by atoms with Crippen LogP contribution in [0.25, 0.3) is 0 Å². The van der Waals surface area contributed by atoms with Crippen LogP contribution in [0.5, 0.6) is 11.5 Å². The van der Waals surface area contributed by atoms with E-state index in [0.29, 0.717) is 37.7 Å². The summed E-state index contributed by atoms with van der Waals surface area (Å²) >= 11 is 0. The van der Waals surface area contributed by atoms with Crippen molar-refractivity contribution in [3.8, 4) is 11.5 Å². The van der Waals surface area contributed by atoms with E-state index >= 15 is 0 Å². The highest BCUT2D eigenvalue weighted by atomic mass is 16.6. The third-order valence-corrected chi connectivity index (χ3v) is 8.99. The summed E-state index contributed by atoms with van der Waals surface area (Å²) in [6.07, 6.45) is 6.40. The second kappa shape index (κ2) is 9.25. The van der Waals surface area contributed by atoms with Gasteiger partial charge in [-0.1, -0.05) is 12.1 Å². The highest BCUT2D eigenvalue weighted by Gasteiger charge is 2.51. The number of rotatable bonds is 4. The molecule has 4 bridgehead atoms. The Kier molecular flexibility index (Phi) is 6.06. The van der Waals surface area contributed by atoms with Gasteiger partial charge < -0.3 is 19.7 Å². The molecule has 2 atom stereocenters. The number of piperazine rings is 1. The Morgan fingerprint density at radius 3 is 2.19 bits per heavy atom. The summed E-state index contributed by atoms with van der Waals surface area (Å²) in [5.41, 5.74) is -0.125. The van der Waals surface area contributed by atoms with Crippen LogP contribution < -0.4 is 20.1 Å². The van der Waals surface area contributed by atoms with Crippen LogP contribution in [0.1, 0.15) is 45.4 Å². The largest absolute Gasteiger partial charge is 0.485 e. The molecule has 4 aliphatic carbocycles. The van der Waals surface area contributed by atoms with Crippen LogP contribution in [-0.4, -0.2) is 78.1 Å². The lowest BCUT2D eigenvalue weighted by molar-refractivity contribution is -0.143. The van der Waals surface area contributed by atoms with Crippen LogP contribution in [0.3, 0.4) is 0 Å². The topological polar surface area (TPSA) is 100 Å². The number of imide groups is 1. The fourth-order valence-electron chi connectivity index (χ4n) is 7.59. The zero-order valence-electron chi connectivity index (χ0n) is 20.9. The van der Waals surface area contributed by atoms with Gasteiger partial charge in [-0.15, -0.1) is 0 Å². The van der Waals surface area contributed by atoms with Crippen molar-refractivity contribution in [3.05, 3.63) is 24.3 Å². The molecule has 0 aromatic heterocycles. The summed E-state index contributed by atoms with van der Waals surface area (Å²) in [5.74, 6) is 3.02. The van der Waals surface area contributed by atoms with E-state index < -0.39 is 12.1 Å². The zero-order chi connectivity index (χ0) is 24.9. The number of nitrogens with zero attached hydrogens (tertiary/aromatic N) is 2. The molecule has 9 heteroatoms. The van der Waals surface area contributed by atoms with Gasteiger partial charge >= 0.3 is 6.03 Å². The van der Waals surface area contributed by atoms with Crippen molar-refractivity contribution in [1.29, 1.82) is 0 Å². The Morgan fingerprint density at radius 2 is 1.56 bits per heavy atom. The number of amides is 4. The number of carbonyl (C=O) groups excluding carboxylic acids is 3. The molecule has 0 radical (unpaired) electrons. The predicted octanol–water partition coefficient (Wildman–Crippen LogP) is 2.15. The second-order valence-corrected chi connectivity index (χ2v) is 11.5. The molecular weight excluding hydrogens is 460 g/mol. The number of urea groups is 1. The maximum Gasteiger partial charge on any atom is 0.321 e. The number of para-hydroxylation sites is 2. The van der Waals surface area contributed by atoms with E-state index in [9.17, 15) is 14.4 Å². The Morgan fingerprint density at radius 1 is 0.944 bits per heavy atom. The molecular formula is C27H36N4O5. The Hall–Kier alpha value is -2.81. The van der Waals surface area contributed by atoms with E-state index in [1.165, 1.54) is 19.3 Å². The van der Waals surface area contributed by atoms with Gasteiger partial charge in [-0.05, 0) is 75.3 Å². The summed E-state index contributed by atoms with van der Waals surface area (Å²) < 4.78 is 11.6. The Bertz CT molecular complexity index is 1000. The van der Waals surface area contributed by atoms with Crippen LogP contribution >= 0.6 is 0 Å². The molecule has 6 aliphatic rings. The highest BCUT2D eigenvalue weighted by molar-refractivity contribution is 5.97. The van der Waals surface area contributed by atoms with Gasteiger partial charge in [0, 0.05) is 31.7 Å². The van der Waals surface area contributed by atoms with Gasteiger partial charge in [0.2, 0.25) is 12.0 Å². The van der Waals surface area contributed by atoms with Gasteiger partial charge in [0.25, 0.3) is 5.91 Å². The number of benzene rings is 1. The third kappa shape index (κ3) is 4.53. The van der Waals surface area contributed by atoms with Crippen molar-refractivity contribution in [2.45, 2.75) is 63.1 Å². The molecule has 0 spiro atoms. The summed E-state index contributed by atoms with van der Waals surface area (Å²) in [7, 11) is 0. The lowest BCUT2D eigenvalue weighted by Crippen LogP contribution is -2.63. The average Bonchev–Trinajstić information content (AvgIpc) is 2.86. The fourth-order valence-corrected chi connectivity index (χ4v) is 7.59. The molecule has 4 saturated carbocycles. The van der Waals surface area contributed by atoms with Crippen LogP contribution in [0.15, 0.2) is 24.3 Å². The van der Waals surface area contributed by atoms with Crippen LogP contribution in [0.2, 0.25) is 0 Å². The summed E-state index contributed by atoms with van der Waals surface area (Å²) in [6.45, 7) is 4.12. The van der Waals surface area contributed by atoms with Gasteiger partial charge in [-0.3, -0.25) is 19.8 Å². The molecule has 0 unspecified atom stereocenters. The molecule has 9 nitrogen and oxygen atoms in total. The minimum absolute atomic E-state index is 0.101. The number of hydrogen-bond donors (Lipinski definition) is 2. The van der Waals surface area contributed by atoms with Crippen LogP contribution in [-0.2, 0) is 9.59 Å². The van der Waals surface area contributed by atoms with E-state index in [0.717, 1.165) is 37.0 Å². The maximum atomic E-state index is 13.0. The molecule has 1 aromatic rings. The molecule has 5 fully saturated rings. The first-order chi connectivity index (χ1) is 17.4. The Labute approximate surface area is 211 Å². The predicted molar refractivity (Wildman–Crippen MR) is 132 cm³/mol. The first-order valence-electron chi connectivity index (χ1n) is 13.4. The van der Waals surface area contributed by atoms with Crippen molar-refractivity contribution in [2.24, 2.45) is 17.8 Å². The van der Waals surface area contributed by atoms with Gasteiger partial charge in [-0.2, -0.15) is 0 Å². The average molecular weight is 497 g/mol. The highest BCUT2D eigenvalue weighted by Crippen LogP contribution is 2.55. The van der Waals surface area contributed by atoms with E-state index in [2.05, 4.69) is 10.6 Å². The van der Waals surface area contributed by atoms with Gasteiger partial charge in [0.05, 0.1) is 6.04 Å². The summed E-state index contributed by atoms with van der Waals surface area (Å²) in [4.78, 5) is 42.5. The standard InChI is InChI=1S/C27H36N4O5/c1-17(24(32)28-26(34)29-27-13-18-10-19(14-27)12-20(11-18)15-27)30-6-8-31(9-7-30)25(33)23-16-35-21-4-2-3-5-22(21)36-23/h2-5,17-20,23H,6-16H2,1H3,(H2,28,29,32,34)/t17-,18?,19?,20?,23+,27?/m0/s1. The van der Waals surface area contributed by atoms with E-state index in [1.807, 2.05) is 30.0 Å². The molecule has 2 heterocycles. The maximum absolute atomic E-state index is 13.0. The Balaban J connectivity index is 0.975. The lowest BCUT2D eigenvalue weighted by Gasteiger charge is -2.56. The minimum Gasteiger partial charge on any atom is -0.485 e. The van der Waals surface area contributed by atoms with Crippen molar-refractivity contribution < 1.29 is 23.9 Å². The van der Waals surface area contributed by atoms with Crippen molar-refractivity contribution in [2.75, 3.05) is 32.8 Å². The quantitative estimate of drug-likeness (QED) is 0.663. The second-order valence-electron chi connectivity index (χ2n) is 11.5. The monoisotopic (exact) mass is 496 g/mol. The van der Waals surface area contributed by atoms with Crippen molar-refractivity contribution in [3.63, 3.8) is 0 Å². The number of carbonyl (C=O) groups is 3. The first-order valence-corrected chi connectivity index (χ1v) is 13.4. The van der Waals surface area contributed by atoms with Crippen LogP contribution in [0.4, 0.5) is 4.79 Å². The van der Waals surface area contributed by atoms with E-state index in [4.69, 9.17) is 9.47 Å². The molecule has 4 amide bonds. The molecule has 1 aromatic carbocycles. The van der Waals surface area contributed by atoms with E-state index in [1.54, 1.807) is 11.0 Å². The third-order valence-electron chi connectivity index (χ3n) is 8.99. The number of nitrogens with one attached hydrogen (secondary N) is 2. The molecule has 1 saturated heterocycles. The van der Waals surface area contributed by atoms with Gasteiger partial charge in [0.15, 0.2) is 11.5 Å². The molecule has 7 rings (SSSR count). The van der Waals surface area contributed by atoms with Crippen molar-refractivity contribution >= 4 is 17.8 Å². The summed E-state index contributed by atoms with van der Waals surface area (Å²) in [6, 6.07) is 6.52. The fraction of sp³-hybridized carbons (Fsp3) is 0.667. The number of hydrogen-bond acceptors (Lipinski definition) is 6. The van der Waals surface area contributed by atoms with Crippen molar-refractivity contribution in [1.82, 2.24) is 20.4 Å². The van der Waals surface area contributed by atoms with Gasteiger partial charge in [-0.25, -0.2) is 4.79 Å². The molecule has 2 N–H and O–H groups in total. The summed E-state index contributed by atoms with van der Waals surface area (Å²) in [5, 5.41) is 5.81. The normalized spacial score (nSPS) is 33.6. The zero-order valence-corrected chi connectivity index (χ0v) is 20.9. The first kappa shape index (κ1) is 23.6. The number of ether oxygens (including phenoxy) is 2. The minimum atomic E-state index is -0.666. The van der Waals surface area contributed by atoms with E-state index in [-0.39, 0.29) is 30.0 Å². The van der Waals surface area contributed by atoms with Gasteiger partial charge in [0.1, 0.15) is 6.61 Å².